The first kappa shape index (κ1) is 14.4. The third-order valence-electron chi connectivity index (χ3n) is 3.64. The molecule has 0 atom stereocenters. The van der Waals surface area contributed by atoms with Crippen LogP contribution < -0.4 is 10.2 Å². The Morgan fingerprint density at radius 1 is 1.25 bits per heavy atom. The van der Waals surface area contributed by atoms with Crippen LogP contribution in [-0.4, -0.2) is 30.7 Å². The minimum Gasteiger partial charge on any atom is -0.478 e. The lowest BCUT2D eigenvalue weighted by molar-refractivity contribution is -0.132. The fourth-order valence-electron chi connectivity index (χ4n) is 2.35. The SMILES string of the molecule is C/C(=C/CNc1ccc(N2CCCCC2)cc1)C(=O)O. The van der Waals surface area contributed by atoms with E-state index in [4.69, 9.17) is 5.11 Å². The summed E-state index contributed by atoms with van der Waals surface area (Å²) in [5, 5.41) is 12.0. The molecule has 0 aromatic heterocycles. The molecule has 0 aliphatic carbocycles. The van der Waals surface area contributed by atoms with Crippen LogP contribution in [0.5, 0.6) is 0 Å². The summed E-state index contributed by atoms with van der Waals surface area (Å²) in [5.41, 5.74) is 2.65. The lowest BCUT2D eigenvalue weighted by Gasteiger charge is -2.28. The maximum Gasteiger partial charge on any atom is 0.331 e. The number of aliphatic carboxylic acids is 1. The molecule has 0 unspecified atom stereocenters. The monoisotopic (exact) mass is 274 g/mol. The van der Waals surface area contributed by atoms with E-state index in [2.05, 4.69) is 22.3 Å². The van der Waals surface area contributed by atoms with Gasteiger partial charge in [0.15, 0.2) is 0 Å². The van der Waals surface area contributed by atoms with E-state index < -0.39 is 5.97 Å². The minimum absolute atomic E-state index is 0.363. The van der Waals surface area contributed by atoms with Crippen molar-refractivity contribution < 1.29 is 9.90 Å². The van der Waals surface area contributed by atoms with Crippen molar-refractivity contribution in [3.05, 3.63) is 35.9 Å². The molecule has 0 saturated carbocycles. The van der Waals surface area contributed by atoms with Crippen LogP contribution in [0.4, 0.5) is 11.4 Å². The van der Waals surface area contributed by atoms with E-state index in [0.29, 0.717) is 12.1 Å². The molecule has 2 rings (SSSR count). The van der Waals surface area contributed by atoms with Gasteiger partial charge in [-0.15, -0.1) is 0 Å². The Labute approximate surface area is 120 Å². The van der Waals surface area contributed by atoms with E-state index in [1.807, 2.05) is 12.1 Å². The number of hydrogen-bond donors (Lipinski definition) is 2. The molecule has 1 fully saturated rings. The van der Waals surface area contributed by atoms with E-state index in [1.54, 1.807) is 13.0 Å². The quantitative estimate of drug-likeness (QED) is 0.810. The van der Waals surface area contributed by atoms with Gasteiger partial charge in [-0.2, -0.15) is 0 Å². The van der Waals surface area contributed by atoms with Crippen LogP contribution in [-0.2, 0) is 4.79 Å². The summed E-state index contributed by atoms with van der Waals surface area (Å²) in [6, 6.07) is 8.35. The summed E-state index contributed by atoms with van der Waals surface area (Å²) >= 11 is 0. The highest BCUT2D eigenvalue weighted by molar-refractivity contribution is 5.85. The number of nitrogens with one attached hydrogen (secondary N) is 1. The van der Waals surface area contributed by atoms with Crippen LogP contribution in [0.15, 0.2) is 35.9 Å². The summed E-state index contributed by atoms with van der Waals surface area (Å²) in [6.07, 6.45) is 5.57. The highest BCUT2D eigenvalue weighted by Crippen LogP contribution is 2.21. The van der Waals surface area contributed by atoms with Crippen LogP contribution in [0.2, 0.25) is 0 Å². The summed E-state index contributed by atoms with van der Waals surface area (Å²) in [4.78, 5) is 13.1. The second-order valence-corrected chi connectivity index (χ2v) is 5.17. The largest absolute Gasteiger partial charge is 0.478 e. The third-order valence-corrected chi connectivity index (χ3v) is 3.64. The Balaban J connectivity index is 1.88. The van der Waals surface area contributed by atoms with E-state index in [1.165, 1.54) is 24.9 Å². The standard InChI is InChI=1S/C16H22N2O2/c1-13(16(19)20)9-10-17-14-5-7-15(8-6-14)18-11-3-2-4-12-18/h5-9,17H,2-4,10-12H2,1H3,(H,19,20)/b13-9-. The molecule has 1 aliphatic heterocycles. The van der Waals surface area contributed by atoms with Crippen molar-refractivity contribution in [2.45, 2.75) is 26.2 Å². The summed E-state index contributed by atoms with van der Waals surface area (Å²) < 4.78 is 0. The maximum absolute atomic E-state index is 10.7. The Bertz CT molecular complexity index is 474. The molecule has 2 N–H and O–H groups in total. The van der Waals surface area contributed by atoms with Crippen molar-refractivity contribution in [2.24, 2.45) is 0 Å². The Kier molecular flexibility index (Phi) is 5.04. The molecule has 0 radical (unpaired) electrons. The molecule has 1 aromatic carbocycles. The lowest BCUT2D eigenvalue weighted by Crippen LogP contribution is -2.29. The highest BCUT2D eigenvalue weighted by atomic mass is 16.4. The van der Waals surface area contributed by atoms with E-state index in [0.717, 1.165) is 18.8 Å². The fraction of sp³-hybridized carbons (Fsp3) is 0.438. The molecule has 108 valence electrons. The topological polar surface area (TPSA) is 52.6 Å². The predicted molar refractivity (Wildman–Crippen MR) is 82.4 cm³/mol. The molecule has 20 heavy (non-hydrogen) atoms. The Hall–Kier alpha value is -1.97. The van der Waals surface area contributed by atoms with Crippen LogP contribution in [0.1, 0.15) is 26.2 Å². The molecule has 1 aromatic rings. The number of anilines is 2. The summed E-state index contributed by atoms with van der Waals surface area (Å²) in [6.45, 7) is 4.42. The zero-order valence-electron chi connectivity index (χ0n) is 11.9. The van der Waals surface area contributed by atoms with Crippen molar-refractivity contribution in [1.29, 1.82) is 0 Å². The smallest absolute Gasteiger partial charge is 0.331 e. The molecule has 0 amide bonds. The normalized spacial score (nSPS) is 16.1. The first-order valence-electron chi connectivity index (χ1n) is 7.16. The number of nitrogens with zero attached hydrogens (tertiary/aromatic N) is 1. The van der Waals surface area contributed by atoms with Crippen molar-refractivity contribution in [2.75, 3.05) is 29.9 Å². The molecule has 4 heteroatoms. The van der Waals surface area contributed by atoms with Gasteiger partial charge in [0.2, 0.25) is 0 Å². The van der Waals surface area contributed by atoms with Gasteiger partial charge in [0.05, 0.1) is 0 Å². The van der Waals surface area contributed by atoms with E-state index >= 15 is 0 Å². The molecular weight excluding hydrogens is 252 g/mol. The van der Waals surface area contributed by atoms with Crippen LogP contribution in [0.25, 0.3) is 0 Å². The second-order valence-electron chi connectivity index (χ2n) is 5.17. The van der Waals surface area contributed by atoms with Gasteiger partial charge in [-0.1, -0.05) is 6.08 Å². The molecular formula is C16H22N2O2. The lowest BCUT2D eigenvalue weighted by atomic mass is 10.1. The van der Waals surface area contributed by atoms with Gasteiger partial charge in [0.25, 0.3) is 0 Å². The molecule has 0 bridgehead atoms. The van der Waals surface area contributed by atoms with Crippen LogP contribution in [0, 0.1) is 0 Å². The van der Waals surface area contributed by atoms with Gasteiger partial charge >= 0.3 is 5.97 Å². The maximum atomic E-state index is 10.7. The molecule has 0 spiro atoms. The van der Waals surface area contributed by atoms with Crippen LogP contribution in [0.3, 0.4) is 0 Å². The van der Waals surface area contributed by atoms with Gasteiger partial charge in [-0.3, -0.25) is 0 Å². The van der Waals surface area contributed by atoms with Gasteiger partial charge in [0, 0.05) is 36.6 Å². The number of carboxylic acid groups (broad SMARTS) is 1. The Morgan fingerprint density at radius 3 is 2.50 bits per heavy atom. The zero-order valence-corrected chi connectivity index (χ0v) is 11.9. The van der Waals surface area contributed by atoms with E-state index in [-0.39, 0.29) is 0 Å². The number of rotatable bonds is 5. The van der Waals surface area contributed by atoms with E-state index in [9.17, 15) is 4.79 Å². The van der Waals surface area contributed by atoms with Crippen molar-refractivity contribution in [3.8, 4) is 0 Å². The summed E-state index contributed by atoms with van der Waals surface area (Å²) in [7, 11) is 0. The van der Waals surface area contributed by atoms with Gasteiger partial charge in [-0.25, -0.2) is 4.79 Å². The Morgan fingerprint density at radius 2 is 1.90 bits per heavy atom. The summed E-state index contributed by atoms with van der Waals surface area (Å²) in [5.74, 6) is -0.868. The molecule has 4 nitrogen and oxygen atoms in total. The second kappa shape index (κ2) is 6.98. The van der Waals surface area contributed by atoms with Crippen LogP contribution >= 0.6 is 0 Å². The average Bonchev–Trinajstić information content (AvgIpc) is 2.48. The molecule has 1 aliphatic rings. The van der Waals surface area contributed by atoms with Crippen molar-refractivity contribution in [3.63, 3.8) is 0 Å². The van der Waals surface area contributed by atoms with Gasteiger partial charge < -0.3 is 15.3 Å². The van der Waals surface area contributed by atoms with Crippen molar-refractivity contribution in [1.82, 2.24) is 0 Å². The van der Waals surface area contributed by atoms with Gasteiger partial charge in [0.1, 0.15) is 0 Å². The molecule has 1 heterocycles. The number of hydrogen-bond acceptors (Lipinski definition) is 3. The first-order chi connectivity index (χ1) is 9.66. The number of carboxylic acids is 1. The fourth-order valence-corrected chi connectivity index (χ4v) is 2.35. The number of carbonyl (C=O) groups is 1. The predicted octanol–water partition coefficient (Wildman–Crippen LogP) is 3.12. The van der Waals surface area contributed by atoms with Crippen molar-refractivity contribution >= 4 is 17.3 Å². The molecule has 1 saturated heterocycles. The third kappa shape index (κ3) is 4.02. The number of benzene rings is 1. The van der Waals surface area contributed by atoms with Gasteiger partial charge in [-0.05, 0) is 50.5 Å². The minimum atomic E-state index is -0.868. The highest BCUT2D eigenvalue weighted by Gasteiger charge is 2.10. The number of piperidine rings is 1. The zero-order chi connectivity index (χ0) is 14.4. The average molecular weight is 274 g/mol. The first-order valence-corrected chi connectivity index (χ1v) is 7.16.